The summed E-state index contributed by atoms with van der Waals surface area (Å²) in [5.74, 6) is 2.31. The molecule has 2 N–H and O–H groups in total. The average molecular weight is 367 g/mol. The Hall–Kier alpha value is -2.47. The molecule has 2 aromatic heterocycles. The van der Waals surface area contributed by atoms with Gasteiger partial charge in [0.05, 0.1) is 0 Å². The number of aromatic amines is 1. The Morgan fingerprint density at radius 3 is 3.15 bits per heavy atom. The number of thioether (sulfide) groups is 1. The van der Waals surface area contributed by atoms with E-state index in [2.05, 4.69) is 27.4 Å². The topological polar surface area (TPSA) is 67.0 Å². The van der Waals surface area contributed by atoms with E-state index in [0.29, 0.717) is 18.0 Å². The number of benzene rings is 1. The van der Waals surface area contributed by atoms with E-state index in [-0.39, 0.29) is 12.0 Å². The molecule has 1 atom stereocenters. The van der Waals surface area contributed by atoms with Gasteiger partial charge in [-0.3, -0.25) is 4.79 Å². The van der Waals surface area contributed by atoms with Crippen LogP contribution in [0.4, 0.5) is 0 Å². The molecular formula is C20H21N3O2S. The lowest BCUT2D eigenvalue weighted by Crippen LogP contribution is -2.25. The minimum Gasteiger partial charge on any atom is -0.473 e. The zero-order valence-corrected chi connectivity index (χ0v) is 15.4. The number of nitrogens with zero attached hydrogens (tertiary/aromatic N) is 1. The maximum absolute atomic E-state index is 12.6. The van der Waals surface area contributed by atoms with Crippen molar-refractivity contribution in [2.24, 2.45) is 0 Å². The highest BCUT2D eigenvalue weighted by Gasteiger charge is 2.21. The number of carbonyl (C=O) groups excluding carboxylic acids is 1. The third-order valence-corrected chi connectivity index (χ3v) is 5.59. The number of aryl methyl sites for hydroxylation is 1. The molecule has 1 aliphatic heterocycles. The lowest BCUT2D eigenvalue weighted by molar-refractivity contribution is 0.0943. The molecule has 4 rings (SSSR count). The number of aromatic nitrogens is 2. The van der Waals surface area contributed by atoms with Gasteiger partial charge >= 0.3 is 0 Å². The number of fused-ring (bicyclic) bond motifs is 1. The minimum atomic E-state index is -0.163. The van der Waals surface area contributed by atoms with Gasteiger partial charge in [0.2, 0.25) is 5.88 Å². The minimum absolute atomic E-state index is 0.140. The van der Waals surface area contributed by atoms with E-state index in [0.717, 1.165) is 40.1 Å². The molecule has 0 saturated carbocycles. The van der Waals surface area contributed by atoms with Crippen LogP contribution in [0.3, 0.4) is 0 Å². The summed E-state index contributed by atoms with van der Waals surface area (Å²) in [6, 6.07) is 11.8. The molecule has 0 aliphatic carbocycles. The van der Waals surface area contributed by atoms with E-state index in [1.54, 1.807) is 18.3 Å². The largest absolute Gasteiger partial charge is 0.473 e. The summed E-state index contributed by atoms with van der Waals surface area (Å²) < 4.78 is 5.94. The van der Waals surface area contributed by atoms with Gasteiger partial charge in [-0.05, 0) is 60.4 Å². The Labute approximate surface area is 156 Å². The number of ether oxygens (including phenoxy) is 1. The molecule has 0 spiro atoms. The number of nitrogens with one attached hydrogen (secondary N) is 2. The van der Waals surface area contributed by atoms with E-state index < -0.39 is 0 Å². The van der Waals surface area contributed by atoms with E-state index in [4.69, 9.17) is 4.74 Å². The number of amides is 1. The summed E-state index contributed by atoms with van der Waals surface area (Å²) in [7, 11) is 0. The summed E-state index contributed by atoms with van der Waals surface area (Å²) in [5, 5.41) is 4.13. The lowest BCUT2D eigenvalue weighted by atomic mass is 10.1. The fourth-order valence-electron chi connectivity index (χ4n) is 3.14. The Kier molecular flexibility index (Phi) is 4.84. The van der Waals surface area contributed by atoms with Gasteiger partial charge in [0, 0.05) is 29.7 Å². The summed E-state index contributed by atoms with van der Waals surface area (Å²) in [4.78, 5) is 20.2. The molecule has 6 heteroatoms. The van der Waals surface area contributed by atoms with Gasteiger partial charge in [0.15, 0.2) is 0 Å². The quantitative estimate of drug-likeness (QED) is 0.722. The van der Waals surface area contributed by atoms with Gasteiger partial charge in [-0.1, -0.05) is 6.07 Å². The van der Waals surface area contributed by atoms with Gasteiger partial charge in [-0.25, -0.2) is 4.98 Å². The first-order valence-corrected chi connectivity index (χ1v) is 9.90. The molecule has 1 amide bonds. The Morgan fingerprint density at radius 1 is 1.38 bits per heavy atom. The highest BCUT2D eigenvalue weighted by Crippen LogP contribution is 2.24. The lowest BCUT2D eigenvalue weighted by Gasteiger charge is -2.14. The van der Waals surface area contributed by atoms with Crippen molar-refractivity contribution in [1.29, 1.82) is 0 Å². The molecule has 0 radical (unpaired) electrons. The van der Waals surface area contributed by atoms with Crippen LogP contribution in [-0.2, 0) is 6.54 Å². The highest BCUT2D eigenvalue weighted by atomic mass is 32.2. The Bertz CT molecular complexity index is 932. The van der Waals surface area contributed by atoms with Crippen molar-refractivity contribution < 1.29 is 9.53 Å². The van der Waals surface area contributed by atoms with Crippen molar-refractivity contribution in [2.75, 3.05) is 11.5 Å². The molecule has 134 valence electrons. The Balaban J connectivity index is 1.45. The molecular weight excluding hydrogens is 346 g/mol. The molecule has 1 aromatic carbocycles. The van der Waals surface area contributed by atoms with Crippen LogP contribution in [0.15, 0.2) is 42.6 Å². The van der Waals surface area contributed by atoms with E-state index in [1.165, 1.54) is 0 Å². The van der Waals surface area contributed by atoms with Gasteiger partial charge < -0.3 is 15.0 Å². The second-order valence-corrected chi connectivity index (χ2v) is 7.67. The number of hydrogen-bond donors (Lipinski definition) is 2. The second kappa shape index (κ2) is 7.41. The van der Waals surface area contributed by atoms with Crippen LogP contribution < -0.4 is 10.1 Å². The number of rotatable bonds is 5. The second-order valence-electron chi connectivity index (χ2n) is 6.52. The Morgan fingerprint density at radius 2 is 2.31 bits per heavy atom. The van der Waals surface area contributed by atoms with Crippen molar-refractivity contribution in [3.63, 3.8) is 0 Å². The fourth-order valence-corrected chi connectivity index (χ4v) is 4.23. The fraction of sp³-hybridized carbons (Fsp3) is 0.300. The van der Waals surface area contributed by atoms with E-state index >= 15 is 0 Å². The number of carbonyl (C=O) groups is 1. The smallest absolute Gasteiger partial charge is 0.257 e. The maximum Gasteiger partial charge on any atom is 0.257 e. The third kappa shape index (κ3) is 3.70. The highest BCUT2D eigenvalue weighted by molar-refractivity contribution is 7.99. The molecule has 3 aromatic rings. The van der Waals surface area contributed by atoms with Gasteiger partial charge in [0.1, 0.15) is 11.7 Å². The number of pyridine rings is 1. The molecule has 3 heterocycles. The summed E-state index contributed by atoms with van der Waals surface area (Å²) in [6.07, 6.45) is 2.80. The molecule has 0 bridgehead atoms. The van der Waals surface area contributed by atoms with Crippen LogP contribution in [-0.4, -0.2) is 33.5 Å². The van der Waals surface area contributed by atoms with E-state index in [9.17, 15) is 4.79 Å². The van der Waals surface area contributed by atoms with Crippen molar-refractivity contribution >= 4 is 28.6 Å². The SMILES string of the molecule is Cc1cc2cc(CNC(=O)c3cccnc3OC3CCSC3)ccc2[nH]1. The van der Waals surface area contributed by atoms with Crippen molar-refractivity contribution in [1.82, 2.24) is 15.3 Å². The average Bonchev–Trinajstić information content (AvgIpc) is 3.28. The summed E-state index contributed by atoms with van der Waals surface area (Å²) in [6.45, 7) is 2.50. The first-order chi connectivity index (χ1) is 12.7. The summed E-state index contributed by atoms with van der Waals surface area (Å²) >= 11 is 1.87. The molecule has 26 heavy (non-hydrogen) atoms. The first-order valence-electron chi connectivity index (χ1n) is 8.75. The molecule has 5 nitrogen and oxygen atoms in total. The molecule has 1 aliphatic rings. The van der Waals surface area contributed by atoms with Crippen LogP contribution in [0.2, 0.25) is 0 Å². The van der Waals surface area contributed by atoms with Crippen LogP contribution in [0.5, 0.6) is 5.88 Å². The zero-order chi connectivity index (χ0) is 17.9. The monoisotopic (exact) mass is 367 g/mol. The number of H-pyrrole nitrogens is 1. The summed E-state index contributed by atoms with van der Waals surface area (Å²) in [5.41, 5.74) is 3.78. The number of hydrogen-bond acceptors (Lipinski definition) is 4. The molecule has 1 saturated heterocycles. The zero-order valence-electron chi connectivity index (χ0n) is 14.6. The predicted octanol–water partition coefficient (Wildman–Crippen LogP) is 3.69. The normalized spacial score (nSPS) is 16.7. The maximum atomic E-state index is 12.6. The molecule has 1 fully saturated rings. The first kappa shape index (κ1) is 17.0. The third-order valence-electron chi connectivity index (χ3n) is 4.45. The van der Waals surface area contributed by atoms with Crippen LogP contribution in [0.1, 0.15) is 28.0 Å². The van der Waals surface area contributed by atoms with Crippen molar-refractivity contribution in [3.05, 3.63) is 59.4 Å². The van der Waals surface area contributed by atoms with E-state index in [1.807, 2.05) is 30.8 Å². The van der Waals surface area contributed by atoms with Gasteiger partial charge in [-0.15, -0.1) is 0 Å². The standard InChI is InChI=1S/C20H21N3O2S/c1-13-9-15-10-14(4-5-18(15)23-13)11-22-19(24)17-3-2-7-21-20(17)25-16-6-8-26-12-16/h2-5,7,9-10,16,23H,6,8,11-12H2,1H3,(H,22,24). The van der Waals surface area contributed by atoms with Crippen LogP contribution in [0, 0.1) is 6.92 Å². The van der Waals surface area contributed by atoms with Crippen LogP contribution in [0.25, 0.3) is 10.9 Å². The van der Waals surface area contributed by atoms with Crippen molar-refractivity contribution in [3.8, 4) is 5.88 Å². The predicted molar refractivity (Wildman–Crippen MR) is 105 cm³/mol. The van der Waals surface area contributed by atoms with Gasteiger partial charge in [-0.2, -0.15) is 11.8 Å². The molecule has 1 unspecified atom stereocenters. The van der Waals surface area contributed by atoms with Gasteiger partial charge in [0.25, 0.3) is 5.91 Å². The van der Waals surface area contributed by atoms with Crippen LogP contribution >= 0.6 is 11.8 Å². The van der Waals surface area contributed by atoms with Crippen molar-refractivity contribution in [2.45, 2.75) is 26.0 Å².